The monoisotopic (exact) mass is 562 g/mol. The predicted octanol–water partition coefficient (Wildman–Crippen LogP) is 4.25. The number of nitrogens with one attached hydrogen (secondary N) is 2. The van der Waals surface area contributed by atoms with Gasteiger partial charge in [0.15, 0.2) is 0 Å². The quantitative estimate of drug-likeness (QED) is 0.217. The van der Waals surface area contributed by atoms with Crippen molar-refractivity contribution in [1.82, 2.24) is 10.7 Å². The van der Waals surface area contributed by atoms with Crippen LogP contribution in [-0.4, -0.2) is 35.9 Å². The summed E-state index contributed by atoms with van der Waals surface area (Å²) in [6, 6.07) is 3.38. The summed E-state index contributed by atoms with van der Waals surface area (Å²) in [5, 5.41) is 2.10. The maximum atomic E-state index is 15.4. The number of halogens is 6. The first-order valence-corrected chi connectivity index (χ1v) is 11.3. The average Bonchev–Trinajstić information content (AvgIpc) is 2.86. The highest BCUT2D eigenvalue weighted by molar-refractivity contribution is 6.02. The van der Waals surface area contributed by atoms with Crippen LogP contribution in [0.5, 0.6) is 5.75 Å². The van der Waals surface area contributed by atoms with Gasteiger partial charge < -0.3 is 19.7 Å². The van der Waals surface area contributed by atoms with Gasteiger partial charge in [-0.3, -0.25) is 15.0 Å². The van der Waals surface area contributed by atoms with Crippen molar-refractivity contribution in [2.75, 3.05) is 4.90 Å². The molecule has 0 saturated carbocycles. The van der Waals surface area contributed by atoms with Crippen LogP contribution in [0.1, 0.15) is 48.7 Å². The molecule has 212 valence electrons. The Morgan fingerprint density at radius 2 is 1.74 bits per heavy atom. The summed E-state index contributed by atoms with van der Waals surface area (Å²) >= 11 is 0. The zero-order valence-electron chi connectivity index (χ0n) is 20.8. The molecule has 0 bridgehead atoms. The Bertz CT molecular complexity index is 1260. The third-order valence-electron chi connectivity index (χ3n) is 5.36. The molecule has 0 fully saturated rings. The molecule has 0 saturated heterocycles. The van der Waals surface area contributed by atoms with Crippen molar-refractivity contribution in [2.24, 2.45) is 5.84 Å². The van der Waals surface area contributed by atoms with Gasteiger partial charge in [0.2, 0.25) is 5.91 Å². The van der Waals surface area contributed by atoms with Crippen LogP contribution in [0.4, 0.5) is 36.8 Å². The second-order valence-electron chi connectivity index (χ2n) is 9.55. The van der Waals surface area contributed by atoms with Gasteiger partial charge in [-0.05, 0) is 50.6 Å². The number of anilines is 1. The van der Waals surface area contributed by atoms with Gasteiger partial charge in [0.1, 0.15) is 23.2 Å². The summed E-state index contributed by atoms with van der Waals surface area (Å²) in [7, 11) is 0. The number of carbonyl (C=O) groups excluding carboxylic acids is 3. The number of fused-ring (bicyclic) bond motifs is 1. The molecule has 3 amide bonds. The molecule has 9 nitrogen and oxygen atoms in total. The van der Waals surface area contributed by atoms with Crippen LogP contribution >= 0.6 is 0 Å². The van der Waals surface area contributed by atoms with E-state index in [1.54, 1.807) is 5.43 Å². The van der Waals surface area contributed by atoms with Gasteiger partial charge in [0.05, 0.1) is 17.8 Å². The van der Waals surface area contributed by atoms with E-state index in [-0.39, 0.29) is 5.56 Å². The normalized spacial score (nSPS) is 17.1. The van der Waals surface area contributed by atoms with E-state index in [4.69, 9.17) is 10.6 Å². The fourth-order valence-corrected chi connectivity index (χ4v) is 3.80. The summed E-state index contributed by atoms with van der Waals surface area (Å²) in [5.74, 6) is -3.01. The number of benzene rings is 2. The van der Waals surface area contributed by atoms with Crippen molar-refractivity contribution in [3.05, 3.63) is 58.9 Å². The predicted molar refractivity (Wildman–Crippen MR) is 124 cm³/mol. The van der Waals surface area contributed by atoms with E-state index < -0.39 is 83.2 Å². The molecule has 0 aliphatic carbocycles. The van der Waals surface area contributed by atoms with E-state index in [0.717, 1.165) is 29.2 Å². The molecule has 0 radical (unpaired) electrons. The zero-order chi connectivity index (χ0) is 29.3. The number of ether oxygens (including phenoxy) is 2. The number of carbonyl (C=O) groups is 3. The Morgan fingerprint density at radius 3 is 2.28 bits per heavy atom. The lowest BCUT2D eigenvalue weighted by Crippen LogP contribution is -2.49. The smallest absolute Gasteiger partial charge is 0.444 e. The van der Waals surface area contributed by atoms with Crippen LogP contribution < -0.4 is 26.2 Å². The first-order valence-electron chi connectivity index (χ1n) is 11.3. The first kappa shape index (κ1) is 29.5. The number of nitrogens with zero attached hydrogens (tertiary/aromatic N) is 1. The summed E-state index contributed by atoms with van der Waals surface area (Å²) in [5.41, 5.74) is -1.50. The Hall–Kier alpha value is -4.01. The zero-order valence-corrected chi connectivity index (χ0v) is 20.8. The molecule has 4 N–H and O–H groups in total. The third-order valence-corrected chi connectivity index (χ3v) is 5.36. The van der Waals surface area contributed by atoms with Crippen molar-refractivity contribution in [3.8, 4) is 5.75 Å². The van der Waals surface area contributed by atoms with E-state index in [0.29, 0.717) is 12.1 Å². The minimum absolute atomic E-state index is 0.152. The van der Waals surface area contributed by atoms with Crippen molar-refractivity contribution in [3.63, 3.8) is 0 Å². The number of nitrogen functional groups attached to an aromatic ring is 1. The molecule has 1 atom stereocenters. The SMILES string of the molecule is CC(C)(C)OC(=O)N[C@@H]1CC(F)(F)c2cc(F)c(C(=O)NN)cc2N(Cc2ccc(OC(F)(F)F)cc2)C1=O. The minimum Gasteiger partial charge on any atom is -0.444 e. The standard InChI is InChI=1S/C24H24F6N4O5/c1-22(2,3)39-21(37)32-17-10-23(26,27)15-9-16(25)14(19(35)33-31)8-18(15)34(20(17)36)11-12-4-6-13(7-5-12)38-24(28,29)30/h4-9,17H,10-11,31H2,1-3H3,(H,32,37)(H,33,35)/t17-/m1/s1. The van der Waals surface area contributed by atoms with Crippen molar-refractivity contribution in [2.45, 2.75) is 57.7 Å². The van der Waals surface area contributed by atoms with Gasteiger partial charge in [0.25, 0.3) is 11.8 Å². The molecule has 39 heavy (non-hydrogen) atoms. The van der Waals surface area contributed by atoms with Gasteiger partial charge in [-0.25, -0.2) is 23.8 Å². The maximum absolute atomic E-state index is 15.4. The van der Waals surface area contributed by atoms with E-state index in [1.165, 1.54) is 20.8 Å². The maximum Gasteiger partial charge on any atom is 0.573 e. The van der Waals surface area contributed by atoms with Gasteiger partial charge in [-0.1, -0.05) is 12.1 Å². The molecule has 0 aromatic heterocycles. The van der Waals surface area contributed by atoms with Crippen LogP contribution in [0, 0.1) is 5.82 Å². The Labute approximate surface area is 218 Å². The molecule has 0 spiro atoms. The van der Waals surface area contributed by atoms with Crippen LogP contribution in [0.2, 0.25) is 0 Å². The highest BCUT2D eigenvalue weighted by Gasteiger charge is 2.47. The van der Waals surface area contributed by atoms with E-state index in [9.17, 15) is 31.9 Å². The highest BCUT2D eigenvalue weighted by atomic mass is 19.4. The third kappa shape index (κ3) is 7.31. The van der Waals surface area contributed by atoms with Crippen LogP contribution in [0.25, 0.3) is 0 Å². The van der Waals surface area contributed by atoms with E-state index >= 15 is 8.78 Å². The summed E-state index contributed by atoms with van der Waals surface area (Å²) in [4.78, 5) is 38.7. The first-order chi connectivity index (χ1) is 17.9. The van der Waals surface area contributed by atoms with Crippen molar-refractivity contribution >= 4 is 23.6 Å². The molecule has 1 aliphatic heterocycles. The molecule has 1 heterocycles. The number of hydrogen-bond acceptors (Lipinski definition) is 6. The second-order valence-corrected chi connectivity index (χ2v) is 9.55. The minimum atomic E-state index is -4.96. The summed E-state index contributed by atoms with van der Waals surface area (Å²) in [6.45, 7) is 4.02. The Morgan fingerprint density at radius 1 is 1.13 bits per heavy atom. The average molecular weight is 562 g/mol. The number of hydrogen-bond donors (Lipinski definition) is 3. The van der Waals surface area contributed by atoms with E-state index in [2.05, 4.69) is 10.1 Å². The van der Waals surface area contributed by atoms with E-state index in [1.807, 2.05) is 0 Å². The van der Waals surface area contributed by atoms with Crippen LogP contribution in [-0.2, 0) is 22.0 Å². The fourth-order valence-electron chi connectivity index (χ4n) is 3.80. The number of hydrazine groups is 1. The number of alkyl halides is 5. The number of alkyl carbamates (subject to hydrolysis) is 1. The van der Waals surface area contributed by atoms with Crippen LogP contribution in [0.15, 0.2) is 36.4 Å². The lowest BCUT2D eigenvalue weighted by atomic mass is 9.99. The second kappa shape index (κ2) is 10.6. The lowest BCUT2D eigenvalue weighted by molar-refractivity contribution is -0.274. The number of amides is 3. The van der Waals surface area contributed by atoms with Crippen molar-refractivity contribution in [1.29, 1.82) is 0 Å². The molecule has 3 rings (SSSR count). The Balaban J connectivity index is 2.09. The lowest BCUT2D eigenvalue weighted by Gasteiger charge is -2.27. The fraction of sp³-hybridized carbons (Fsp3) is 0.375. The molecule has 0 unspecified atom stereocenters. The topological polar surface area (TPSA) is 123 Å². The molecule has 1 aliphatic rings. The number of rotatable bonds is 5. The van der Waals surface area contributed by atoms with Gasteiger partial charge in [-0.15, -0.1) is 13.2 Å². The highest BCUT2D eigenvalue weighted by Crippen LogP contribution is 2.44. The molecule has 15 heteroatoms. The van der Waals surface area contributed by atoms with Gasteiger partial charge in [-0.2, -0.15) is 0 Å². The van der Waals surface area contributed by atoms with Crippen molar-refractivity contribution < 1.29 is 50.2 Å². The largest absolute Gasteiger partial charge is 0.573 e. The molecule has 2 aromatic carbocycles. The Kier molecular flexibility index (Phi) is 8.05. The molecular formula is C24H24F6N4O5. The summed E-state index contributed by atoms with van der Waals surface area (Å²) < 4.78 is 91.8. The van der Waals surface area contributed by atoms with Gasteiger partial charge >= 0.3 is 12.5 Å². The molecule has 2 aromatic rings. The van der Waals surface area contributed by atoms with Gasteiger partial charge in [0, 0.05) is 12.0 Å². The summed E-state index contributed by atoms with van der Waals surface area (Å²) in [6.07, 6.45) is -7.42. The molecular weight excluding hydrogens is 538 g/mol. The number of nitrogens with two attached hydrogens (primary N) is 1. The van der Waals surface area contributed by atoms with Crippen LogP contribution in [0.3, 0.4) is 0 Å².